The van der Waals surface area contributed by atoms with Gasteiger partial charge < -0.3 is 9.88 Å². The highest BCUT2D eigenvalue weighted by molar-refractivity contribution is 6.28. The molecular formula is C19H15ClF3N5O. The lowest BCUT2D eigenvalue weighted by atomic mass is 9.99. The van der Waals surface area contributed by atoms with E-state index in [1.54, 1.807) is 24.3 Å². The summed E-state index contributed by atoms with van der Waals surface area (Å²) < 4.78 is 40.0. The lowest BCUT2D eigenvalue weighted by Gasteiger charge is -2.18. The van der Waals surface area contributed by atoms with E-state index >= 15 is 0 Å². The predicted octanol–water partition coefficient (Wildman–Crippen LogP) is 3.43. The molecule has 0 aliphatic carbocycles. The number of carbonyl (C=O) groups excluding carboxylic acids is 1. The summed E-state index contributed by atoms with van der Waals surface area (Å²) in [6, 6.07) is 6.90. The minimum atomic E-state index is -4.50. The second kappa shape index (κ2) is 7.14. The molecule has 3 heterocycles. The van der Waals surface area contributed by atoms with Gasteiger partial charge in [-0.1, -0.05) is 24.3 Å². The van der Waals surface area contributed by atoms with Gasteiger partial charge in [0.2, 0.25) is 5.28 Å². The molecule has 0 saturated carbocycles. The van der Waals surface area contributed by atoms with Crippen LogP contribution in [0.2, 0.25) is 5.28 Å². The van der Waals surface area contributed by atoms with Crippen molar-refractivity contribution in [2.45, 2.75) is 19.0 Å². The maximum atomic E-state index is 12.9. The number of hydrogen-bond donors (Lipinski definition) is 1. The maximum Gasteiger partial charge on any atom is 0.434 e. The molecule has 29 heavy (non-hydrogen) atoms. The van der Waals surface area contributed by atoms with E-state index in [2.05, 4.69) is 20.3 Å². The van der Waals surface area contributed by atoms with Crippen LogP contribution in [0.5, 0.6) is 0 Å². The number of carbonyl (C=O) groups is 1. The van der Waals surface area contributed by atoms with Crippen LogP contribution in [0.1, 0.15) is 33.0 Å². The minimum Gasteiger partial charge on any atom is -0.352 e. The Morgan fingerprint density at radius 3 is 2.55 bits per heavy atom. The molecule has 0 atom stereocenters. The third kappa shape index (κ3) is 3.82. The highest BCUT2D eigenvalue weighted by Gasteiger charge is 2.34. The van der Waals surface area contributed by atoms with Crippen molar-refractivity contribution in [2.75, 3.05) is 6.54 Å². The van der Waals surface area contributed by atoms with Gasteiger partial charge in [0.25, 0.3) is 5.91 Å². The number of benzene rings is 1. The summed E-state index contributed by atoms with van der Waals surface area (Å²) in [6.07, 6.45) is -2.62. The number of nitrogens with zero attached hydrogens (tertiary/aromatic N) is 4. The third-order valence-corrected chi connectivity index (χ3v) is 4.83. The topological polar surface area (TPSA) is 72.7 Å². The van der Waals surface area contributed by atoms with E-state index in [1.165, 1.54) is 11.6 Å². The Morgan fingerprint density at radius 2 is 1.90 bits per heavy atom. The molecule has 1 aliphatic heterocycles. The Balaban J connectivity index is 1.63. The first kappa shape index (κ1) is 19.4. The van der Waals surface area contributed by atoms with Gasteiger partial charge >= 0.3 is 6.18 Å². The van der Waals surface area contributed by atoms with Crippen molar-refractivity contribution in [1.82, 2.24) is 24.8 Å². The summed E-state index contributed by atoms with van der Waals surface area (Å²) in [5.41, 5.74) is 2.01. The van der Waals surface area contributed by atoms with Crippen molar-refractivity contribution in [1.29, 1.82) is 0 Å². The molecule has 1 aromatic carbocycles. The lowest BCUT2D eigenvalue weighted by Crippen LogP contribution is -2.34. The first-order valence-electron chi connectivity index (χ1n) is 8.75. The Hall–Kier alpha value is -2.94. The van der Waals surface area contributed by atoms with Crippen LogP contribution in [0.4, 0.5) is 13.2 Å². The Morgan fingerprint density at radius 1 is 1.17 bits per heavy atom. The van der Waals surface area contributed by atoms with Gasteiger partial charge in [-0.15, -0.1) is 0 Å². The first-order chi connectivity index (χ1) is 13.7. The van der Waals surface area contributed by atoms with Crippen molar-refractivity contribution in [3.8, 4) is 11.4 Å². The van der Waals surface area contributed by atoms with Crippen molar-refractivity contribution in [3.05, 3.63) is 64.0 Å². The van der Waals surface area contributed by atoms with E-state index in [4.69, 9.17) is 11.6 Å². The molecule has 10 heteroatoms. The van der Waals surface area contributed by atoms with Gasteiger partial charge in [0, 0.05) is 38.2 Å². The molecule has 0 unspecified atom stereocenters. The quantitative estimate of drug-likeness (QED) is 0.658. The Bertz CT molecular complexity index is 1090. The van der Waals surface area contributed by atoms with E-state index in [1.807, 2.05) is 0 Å². The highest BCUT2D eigenvalue weighted by Crippen LogP contribution is 2.31. The molecule has 4 rings (SSSR count). The first-order valence-corrected chi connectivity index (χ1v) is 9.13. The van der Waals surface area contributed by atoms with Crippen molar-refractivity contribution in [2.24, 2.45) is 7.05 Å². The Labute approximate surface area is 168 Å². The maximum absolute atomic E-state index is 12.9. The summed E-state index contributed by atoms with van der Waals surface area (Å²) >= 11 is 6.00. The van der Waals surface area contributed by atoms with E-state index in [-0.39, 0.29) is 17.0 Å². The van der Waals surface area contributed by atoms with Gasteiger partial charge in [0.05, 0.1) is 17.0 Å². The standard InChI is InChI=1S/C19H15ClF3N5O/c1-28-9-14(19(21,22)23)27-16(28)11-4-2-10(3-5-11)8-13-15-12(25-18(20)26-13)6-7-24-17(15)29/h2-5,9H,6-8H2,1H3,(H,24,29). The molecular weight excluding hydrogens is 407 g/mol. The van der Waals surface area contributed by atoms with Gasteiger partial charge in [-0.25, -0.2) is 15.0 Å². The fourth-order valence-electron chi connectivity index (χ4n) is 3.32. The smallest absolute Gasteiger partial charge is 0.352 e. The number of rotatable bonds is 3. The molecule has 0 fully saturated rings. The molecule has 0 bridgehead atoms. The summed E-state index contributed by atoms with van der Waals surface area (Å²) in [4.78, 5) is 24.3. The summed E-state index contributed by atoms with van der Waals surface area (Å²) in [7, 11) is 1.51. The number of alkyl halides is 3. The zero-order valence-corrected chi connectivity index (χ0v) is 16.0. The molecule has 1 N–H and O–H groups in total. The van der Waals surface area contributed by atoms with Crippen LogP contribution in [0.25, 0.3) is 11.4 Å². The van der Waals surface area contributed by atoms with Gasteiger partial charge in [0.15, 0.2) is 5.69 Å². The van der Waals surface area contributed by atoms with E-state index < -0.39 is 11.9 Å². The van der Waals surface area contributed by atoms with Crippen LogP contribution < -0.4 is 5.32 Å². The number of imidazole rings is 1. The van der Waals surface area contributed by atoms with Crippen LogP contribution in [0, 0.1) is 0 Å². The van der Waals surface area contributed by atoms with E-state index in [0.29, 0.717) is 41.9 Å². The van der Waals surface area contributed by atoms with Gasteiger partial charge in [-0.05, 0) is 17.2 Å². The molecule has 1 amide bonds. The fraction of sp³-hybridized carbons (Fsp3) is 0.263. The molecule has 1 aliphatic rings. The summed E-state index contributed by atoms with van der Waals surface area (Å²) in [6.45, 7) is 0.497. The van der Waals surface area contributed by atoms with Crippen LogP contribution in [-0.4, -0.2) is 32.0 Å². The van der Waals surface area contributed by atoms with Crippen LogP contribution in [0.3, 0.4) is 0 Å². The van der Waals surface area contributed by atoms with Gasteiger partial charge in [-0.3, -0.25) is 4.79 Å². The average Bonchev–Trinajstić information content (AvgIpc) is 3.04. The third-order valence-electron chi connectivity index (χ3n) is 4.66. The number of nitrogens with one attached hydrogen (secondary N) is 1. The van der Waals surface area contributed by atoms with Gasteiger partial charge in [0.1, 0.15) is 5.82 Å². The SMILES string of the molecule is Cn1cc(C(F)(F)F)nc1-c1ccc(Cc2nc(Cl)nc3c2C(=O)NCC3)cc1. The van der Waals surface area contributed by atoms with Crippen molar-refractivity contribution >= 4 is 17.5 Å². The van der Waals surface area contributed by atoms with Crippen LogP contribution in [0.15, 0.2) is 30.5 Å². The van der Waals surface area contributed by atoms with Crippen LogP contribution >= 0.6 is 11.6 Å². The van der Waals surface area contributed by atoms with E-state index in [0.717, 1.165) is 11.8 Å². The molecule has 6 nitrogen and oxygen atoms in total. The minimum absolute atomic E-state index is 0.0813. The molecule has 0 spiro atoms. The van der Waals surface area contributed by atoms with Crippen LogP contribution in [-0.2, 0) is 26.1 Å². The normalized spacial score (nSPS) is 13.9. The van der Waals surface area contributed by atoms with Crippen molar-refractivity contribution < 1.29 is 18.0 Å². The largest absolute Gasteiger partial charge is 0.434 e. The molecule has 150 valence electrons. The summed E-state index contributed by atoms with van der Waals surface area (Å²) in [5, 5.41) is 2.85. The molecule has 0 saturated heterocycles. The van der Waals surface area contributed by atoms with E-state index in [9.17, 15) is 18.0 Å². The Kier molecular flexibility index (Phi) is 4.77. The number of aryl methyl sites for hydroxylation is 1. The van der Waals surface area contributed by atoms with Crippen molar-refractivity contribution in [3.63, 3.8) is 0 Å². The number of fused-ring (bicyclic) bond motifs is 1. The zero-order chi connectivity index (χ0) is 20.8. The monoisotopic (exact) mass is 421 g/mol. The number of hydrogen-bond acceptors (Lipinski definition) is 4. The second-order valence-electron chi connectivity index (χ2n) is 6.70. The number of aromatic nitrogens is 4. The average molecular weight is 422 g/mol. The summed E-state index contributed by atoms with van der Waals surface area (Å²) in [5.74, 6) is -0.0204. The number of amides is 1. The molecule has 2 aromatic heterocycles. The highest BCUT2D eigenvalue weighted by atomic mass is 35.5. The predicted molar refractivity (Wildman–Crippen MR) is 99.5 cm³/mol. The lowest BCUT2D eigenvalue weighted by molar-refractivity contribution is -0.140. The fourth-order valence-corrected chi connectivity index (χ4v) is 3.52. The zero-order valence-electron chi connectivity index (χ0n) is 15.2. The number of halogens is 4. The molecule has 3 aromatic rings. The molecule has 0 radical (unpaired) electrons. The second-order valence-corrected chi connectivity index (χ2v) is 7.04. The van der Waals surface area contributed by atoms with Gasteiger partial charge in [-0.2, -0.15) is 13.2 Å².